The quantitative estimate of drug-likeness (QED) is 0.0803. The molecule has 2 amide bonds. The molecule has 12 heteroatoms. The lowest BCUT2D eigenvalue weighted by atomic mass is 9.43. The number of carbonyl (C=O) groups is 3. The summed E-state index contributed by atoms with van der Waals surface area (Å²) < 4.78 is 0. The van der Waals surface area contributed by atoms with Crippen molar-refractivity contribution < 1.29 is 50.1 Å². The van der Waals surface area contributed by atoms with Gasteiger partial charge in [0.05, 0.1) is 36.6 Å². The highest BCUT2D eigenvalue weighted by Crippen LogP contribution is 2.70. The zero-order valence-electron chi connectivity index (χ0n) is 41.4. The van der Waals surface area contributed by atoms with E-state index in [2.05, 4.69) is 52.2 Å². The van der Waals surface area contributed by atoms with Gasteiger partial charge in [0.25, 0.3) is 0 Å². The van der Waals surface area contributed by atoms with E-state index in [-0.39, 0.29) is 130 Å². The van der Waals surface area contributed by atoms with Crippen molar-refractivity contribution in [1.82, 2.24) is 10.6 Å². The summed E-state index contributed by atoms with van der Waals surface area (Å²) in [6.45, 7) is 14.0. The molecule has 0 aromatic rings. The van der Waals surface area contributed by atoms with Crippen LogP contribution in [0.1, 0.15) is 176 Å². The third-order valence-corrected chi connectivity index (χ3v) is 22.6. The van der Waals surface area contributed by atoms with Crippen LogP contribution in [-0.2, 0) is 14.4 Å². The third-order valence-electron chi connectivity index (χ3n) is 22.6. The van der Waals surface area contributed by atoms with Crippen LogP contribution in [0.25, 0.3) is 0 Å². The van der Waals surface area contributed by atoms with Gasteiger partial charge in [0.1, 0.15) is 6.04 Å². The zero-order valence-corrected chi connectivity index (χ0v) is 41.4. The van der Waals surface area contributed by atoms with Crippen LogP contribution in [0.4, 0.5) is 0 Å². The van der Waals surface area contributed by atoms with Crippen molar-refractivity contribution >= 4 is 17.8 Å². The maximum atomic E-state index is 13.2. The molecule has 0 spiro atoms. The Labute approximate surface area is 395 Å². The largest absolute Gasteiger partial charge is 0.480 e. The monoisotopic (exact) mass is 927 g/mol. The normalized spacial score (nSPS) is 48.5. The minimum atomic E-state index is -1.07. The lowest BCUT2D eigenvalue weighted by Gasteiger charge is -2.63. The molecule has 0 aromatic carbocycles. The minimum Gasteiger partial charge on any atom is -0.480 e. The molecule has 66 heavy (non-hydrogen) atoms. The summed E-state index contributed by atoms with van der Waals surface area (Å²) in [6.07, 6.45) is 12.5. The summed E-state index contributed by atoms with van der Waals surface area (Å²) in [6, 6.07) is -1.01. The highest BCUT2D eigenvalue weighted by atomic mass is 16.4. The van der Waals surface area contributed by atoms with Crippen LogP contribution in [0.15, 0.2) is 0 Å². The van der Waals surface area contributed by atoms with Gasteiger partial charge in [-0.3, -0.25) is 9.59 Å². The second kappa shape index (κ2) is 19.4. The fourth-order valence-electron chi connectivity index (χ4n) is 18.7. The van der Waals surface area contributed by atoms with Gasteiger partial charge in [-0.1, -0.05) is 41.5 Å². The van der Waals surface area contributed by atoms with Gasteiger partial charge in [-0.05, 0) is 215 Å². The van der Waals surface area contributed by atoms with Gasteiger partial charge >= 0.3 is 5.97 Å². The number of hydrogen-bond acceptors (Lipinski definition) is 9. The summed E-state index contributed by atoms with van der Waals surface area (Å²) >= 11 is 0. The molecule has 8 aliphatic carbocycles. The molecule has 9 N–H and O–H groups in total. The van der Waals surface area contributed by atoms with Crippen LogP contribution in [-0.4, -0.2) is 103 Å². The number of carbonyl (C=O) groups excluding carboxylic acids is 2. The molecule has 8 saturated carbocycles. The Morgan fingerprint density at radius 1 is 0.561 bits per heavy atom. The Kier molecular flexibility index (Phi) is 14.9. The Hall–Kier alpha value is -1.83. The smallest absolute Gasteiger partial charge is 0.326 e. The summed E-state index contributed by atoms with van der Waals surface area (Å²) in [5.74, 6) is 1.21. The maximum Gasteiger partial charge on any atom is 0.326 e. The molecule has 0 saturated heterocycles. The number of hydrogen-bond donors (Lipinski definition) is 9. The van der Waals surface area contributed by atoms with E-state index in [4.69, 9.17) is 0 Å². The molecule has 0 aromatic heterocycles. The second-order valence-electron chi connectivity index (χ2n) is 25.4. The van der Waals surface area contributed by atoms with Crippen LogP contribution in [0.5, 0.6) is 0 Å². The topological polar surface area (TPSA) is 217 Å². The fraction of sp³-hybridized carbons (Fsp3) is 0.944. The molecule has 376 valence electrons. The number of aliphatic hydroxyl groups is 6. The molecule has 8 rings (SSSR count). The summed E-state index contributed by atoms with van der Waals surface area (Å²) in [5.41, 5.74) is -0.623. The van der Waals surface area contributed by atoms with Gasteiger partial charge in [-0.25, -0.2) is 4.79 Å². The molecule has 0 aliphatic heterocycles. The van der Waals surface area contributed by atoms with E-state index >= 15 is 0 Å². The van der Waals surface area contributed by atoms with Crippen molar-refractivity contribution in [2.45, 2.75) is 219 Å². The zero-order chi connectivity index (χ0) is 47.7. The number of aliphatic hydroxyl groups excluding tert-OH is 6. The lowest BCUT2D eigenvalue weighted by Crippen LogP contribution is -2.62. The first-order chi connectivity index (χ1) is 31.1. The van der Waals surface area contributed by atoms with Crippen LogP contribution in [0.3, 0.4) is 0 Å². The molecule has 0 radical (unpaired) electrons. The predicted octanol–water partition coefficient (Wildman–Crippen LogP) is 6.60. The Balaban J connectivity index is 0.750. The number of carboxylic acids is 1. The number of nitrogens with one attached hydrogen (secondary N) is 2. The van der Waals surface area contributed by atoms with Crippen molar-refractivity contribution in [1.29, 1.82) is 0 Å². The van der Waals surface area contributed by atoms with E-state index in [0.29, 0.717) is 57.9 Å². The SMILES string of the molecule is C[C@H](CCC(=O)NCCCCC(NC(=O)CC[C@@H](C)[C@H]1CC[C@H]2[C@@H]3[C@H](O)C[C@@H]4C[C@H](O)CC[C@]4(C)[C@H]3C[C@H](O)[C@]12C)C(=O)O)[C@H]1CC[C@H]2[C@@H]3[C@H](O)C[C@@H]4C[C@H](O)CC[C@]4(C)[C@H]3C[C@H](O)[C@]12C. The van der Waals surface area contributed by atoms with Gasteiger partial charge in [0.15, 0.2) is 0 Å². The lowest BCUT2D eigenvalue weighted by molar-refractivity contribution is -0.207. The Bertz CT molecular complexity index is 1750. The van der Waals surface area contributed by atoms with Gasteiger partial charge in [0.2, 0.25) is 11.8 Å². The summed E-state index contributed by atoms with van der Waals surface area (Å²) in [5, 5.41) is 83.8. The third kappa shape index (κ3) is 8.85. The maximum absolute atomic E-state index is 13.2. The average molecular weight is 927 g/mol. The van der Waals surface area contributed by atoms with Crippen LogP contribution < -0.4 is 10.6 Å². The second-order valence-corrected chi connectivity index (χ2v) is 25.4. The summed E-state index contributed by atoms with van der Waals surface area (Å²) in [4.78, 5) is 38.5. The number of amides is 2. The van der Waals surface area contributed by atoms with Crippen molar-refractivity contribution in [2.24, 2.45) is 92.7 Å². The number of unbranched alkanes of at least 4 members (excludes halogenated alkanes) is 1. The average Bonchev–Trinajstić information content (AvgIpc) is 3.81. The van der Waals surface area contributed by atoms with Crippen molar-refractivity contribution in [3.63, 3.8) is 0 Å². The van der Waals surface area contributed by atoms with E-state index in [0.717, 1.165) is 70.6 Å². The van der Waals surface area contributed by atoms with Crippen LogP contribution in [0.2, 0.25) is 0 Å². The van der Waals surface area contributed by atoms with E-state index in [1.165, 1.54) is 0 Å². The minimum absolute atomic E-state index is 0.0136. The number of carboxylic acid groups (broad SMARTS) is 1. The molecule has 0 heterocycles. The molecule has 1 unspecified atom stereocenters. The first kappa shape index (κ1) is 50.6. The van der Waals surface area contributed by atoms with Crippen molar-refractivity contribution in [3.8, 4) is 0 Å². The Morgan fingerprint density at radius 3 is 1.47 bits per heavy atom. The number of rotatable bonds is 15. The predicted molar refractivity (Wildman–Crippen MR) is 251 cm³/mol. The van der Waals surface area contributed by atoms with E-state index in [9.17, 15) is 50.1 Å². The van der Waals surface area contributed by atoms with E-state index in [1.807, 2.05) is 0 Å². The molecule has 8 fully saturated rings. The highest BCUT2D eigenvalue weighted by Gasteiger charge is 2.67. The highest BCUT2D eigenvalue weighted by molar-refractivity contribution is 5.83. The molecule has 8 aliphatic rings. The van der Waals surface area contributed by atoms with Crippen molar-refractivity contribution in [3.05, 3.63) is 0 Å². The summed E-state index contributed by atoms with van der Waals surface area (Å²) in [7, 11) is 0. The van der Waals surface area contributed by atoms with Gasteiger partial charge in [-0.2, -0.15) is 0 Å². The van der Waals surface area contributed by atoms with Gasteiger partial charge in [-0.15, -0.1) is 0 Å². The Morgan fingerprint density at radius 2 is 1.02 bits per heavy atom. The number of fused-ring (bicyclic) bond motifs is 10. The molecular formula is C54H90N2O10. The van der Waals surface area contributed by atoms with Crippen molar-refractivity contribution in [2.75, 3.05) is 6.54 Å². The van der Waals surface area contributed by atoms with Gasteiger partial charge < -0.3 is 46.4 Å². The molecule has 12 nitrogen and oxygen atoms in total. The van der Waals surface area contributed by atoms with E-state index in [1.54, 1.807) is 0 Å². The first-order valence-corrected chi connectivity index (χ1v) is 27.0. The van der Waals surface area contributed by atoms with Crippen LogP contribution >= 0.6 is 0 Å². The van der Waals surface area contributed by atoms with E-state index < -0.39 is 36.4 Å². The van der Waals surface area contributed by atoms with Gasteiger partial charge in [0, 0.05) is 19.4 Å². The molecular weight excluding hydrogens is 837 g/mol. The number of aliphatic carboxylic acids is 1. The molecule has 23 atom stereocenters. The first-order valence-electron chi connectivity index (χ1n) is 27.0. The van der Waals surface area contributed by atoms with Crippen LogP contribution in [0, 0.1) is 92.7 Å². The standard InChI is InChI=1S/C54H90N2O10/c1-29(35-12-14-37-48-39(27-44(61)53(35,37)5)51(3)20-18-33(57)23-31(51)25-42(48)59)10-16-46(63)55-22-8-7-9-41(50(65)66)56-47(64)17-11-30(2)36-13-15-38-49-40(28-45(62)54(36,38)6)52(4)21-19-34(58)24-32(52)26-43(49)60/h29-45,48-49,57-62H,7-28H2,1-6H3,(H,55,63)(H,56,64)(H,65,66)/t29-,30-,31+,32+,33-,34-,35-,36-,37+,38+,39+,40+,41?,42-,43-,44+,45+,48+,49+,51+,52+,53-,54-/m1/s1. The fourth-order valence-corrected chi connectivity index (χ4v) is 18.7. The molecule has 0 bridgehead atoms.